The summed E-state index contributed by atoms with van der Waals surface area (Å²) in [6.45, 7) is 4.90. The molecular weight excluding hydrogens is 200 g/mol. The molecule has 0 amide bonds. The predicted octanol–water partition coefficient (Wildman–Crippen LogP) is 2.04. The molecule has 1 N–H and O–H groups in total. The Morgan fingerprint density at radius 1 is 1.25 bits per heavy atom. The number of aromatic nitrogens is 3. The van der Waals surface area contributed by atoms with Gasteiger partial charge in [-0.1, -0.05) is 18.2 Å². The summed E-state index contributed by atoms with van der Waals surface area (Å²) in [5, 5.41) is 11.3. The van der Waals surface area contributed by atoms with Crippen molar-refractivity contribution in [2.45, 2.75) is 20.4 Å². The zero-order valence-electron chi connectivity index (χ0n) is 9.86. The molecule has 0 saturated heterocycles. The average molecular weight is 216 g/mol. The highest BCUT2D eigenvalue weighted by Crippen LogP contribution is 2.19. The van der Waals surface area contributed by atoms with Gasteiger partial charge in [-0.2, -0.15) is 0 Å². The molecule has 0 bridgehead atoms. The summed E-state index contributed by atoms with van der Waals surface area (Å²) >= 11 is 0. The molecule has 2 rings (SSSR count). The van der Waals surface area contributed by atoms with E-state index in [1.54, 1.807) is 6.33 Å². The number of para-hydroxylation sites is 1. The quantitative estimate of drug-likeness (QED) is 0.853. The van der Waals surface area contributed by atoms with Gasteiger partial charge in [0, 0.05) is 12.7 Å². The number of nitrogens with zero attached hydrogens (tertiary/aromatic N) is 3. The zero-order valence-corrected chi connectivity index (χ0v) is 9.86. The number of aryl methyl sites for hydroxylation is 3. The molecule has 0 atom stereocenters. The molecule has 2 aromatic rings. The van der Waals surface area contributed by atoms with Gasteiger partial charge in [0.15, 0.2) is 5.82 Å². The summed E-state index contributed by atoms with van der Waals surface area (Å²) < 4.78 is 1.92. The Hall–Kier alpha value is -1.84. The van der Waals surface area contributed by atoms with Crippen LogP contribution in [0, 0.1) is 13.8 Å². The van der Waals surface area contributed by atoms with E-state index in [2.05, 4.69) is 47.6 Å². The van der Waals surface area contributed by atoms with E-state index in [4.69, 9.17) is 0 Å². The minimum Gasteiger partial charge on any atom is -0.377 e. The van der Waals surface area contributed by atoms with Crippen LogP contribution in [0.3, 0.4) is 0 Å². The molecule has 0 aliphatic rings. The van der Waals surface area contributed by atoms with E-state index in [9.17, 15) is 0 Å². The first kappa shape index (κ1) is 10.7. The molecule has 4 nitrogen and oxygen atoms in total. The van der Waals surface area contributed by atoms with Gasteiger partial charge in [0.25, 0.3) is 0 Å². The van der Waals surface area contributed by atoms with Gasteiger partial charge in [-0.25, -0.2) is 0 Å². The summed E-state index contributed by atoms with van der Waals surface area (Å²) in [5.74, 6) is 0.933. The van der Waals surface area contributed by atoms with Crippen LogP contribution in [-0.2, 0) is 13.6 Å². The van der Waals surface area contributed by atoms with E-state index in [-0.39, 0.29) is 0 Å². The summed E-state index contributed by atoms with van der Waals surface area (Å²) in [4.78, 5) is 0. The van der Waals surface area contributed by atoms with Gasteiger partial charge in [0.05, 0.1) is 6.54 Å². The smallest absolute Gasteiger partial charge is 0.151 e. The SMILES string of the molecule is Cc1cccc(C)c1NCc1nncn1C. The lowest BCUT2D eigenvalue weighted by Gasteiger charge is -2.11. The van der Waals surface area contributed by atoms with Gasteiger partial charge >= 0.3 is 0 Å². The van der Waals surface area contributed by atoms with Crippen LogP contribution in [0.2, 0.25) is 0 Å². The van der Waals surface area contributed by atoms with E-state index in [0.29, 0.717) is 6.54 Å². The molecule has 4 heteroatoms. The van der Waals surface area contributed by atoms with Crippen molar-refractivity contribution in [2.75, 3.05) is 5.32 Å². The summed E-state index contributed by atoms with van der Waals surface area (Å²) in [6.07, 6.45) is 1.71. The summed E-state index contributed by atoms with van der Waals surface area (Å²) in [5.41, 5.74) is 3.69. The van der Waals surface area contributed by atoms with Crippen LogP contribution < -0.4 is 5.32 Å². The van der Waals surface area contributed by atoms with Gasteiger partial charge in [-0.05, 0) is 25.0 Å². The fourth-order valence-corrected chi connectivity index (χ4v) is 1.73. The van der Waals surface area contributed by atoms with E-state index in [0.717, 1.165) is 5.82 Å². The van der Waals surface area contributed by atoms with Crippen molar-refractivity contribution in [3.63, 3.8) is 0 Å². The summed E-state index contributed by atoms with van der Waals surface area (Å²) in [6, 6.07) is 6.27. The van der Waals surface area contributed by atoms with Gasteiger partial charge in [0.1, 0.15) is 6.33 Å². The first-order valence-corrected chi connectivity index (χ1v) is 5.31. The number of rotatable bonds is 3. The van der Waals surface area contributed by atoms with Crippen molar-refractivity contribution < 1.29 is 0 Å². The van der Waals surface area contributed by atoms with Gasteiger partial charge in [0.2, 0.25) is 0 Å². The average Bonchev–Trinajstić information content (AvgIpc) is 2.64. The Bertz CT molecular complexity index is 467. The Kier molecular flexibility index (Phi) is 2.90. The normalized spacial score (nSPS) is 10.4. The van der Waals surface area contributed by atoms with E-state index < -0.39 is 0 Å². The third-order valence-electron chi connectivity index (χ3n) is 2.71. The van der Waals surface area contributed by atoms with Crippen molar-refractivity contribution in [1.29, 1.82) is 0 Å². The third-order valence-corrected chi connectivity index (χ3v) is 2.71. The molecule has 0 fully saturated rings. The molecule has 1 aromatic heterocycles. The van der Waals surface area contributed by atoms with Crippen molar-refractivity contribution in [3.8, 4) is 0 Å². The highest BCUT2D eigenvalue weighted by molar-refractivity contribution is 5.56. The zero-order chi connectivity index (χ0) is 11.5. The van der Waals surface area contributed by atoms with Crippen LogP contribution in [0.1, 0.15) is 17.0 Å². The Labute approximate surface area is 95.3 Å². The second-order valence-electron chi connectivity index (χ2n) is 3.98. The molecule has 0 unspecified atom stereocenters. The first-order chi connectivity index (χ1) is 7.68. The Balaban J connectivity index is 2.14. The molecular formula is C12H16N4. The van der Waals surface area contributed by atoms with Gasteiger partial charge in [-0.15, -0.1) is 10.2 Å². The third kappa shape index (κ3) is 2.05. The van der Waals surface area contributed by atoms with E-state index >= 15 is 0 Å². The number of hydrogen-bond donors (Lipinski definition) is 1. The largest absolute Gasteiger partial charge is 0.377 e. The molecule has 0 radical (unpaired) electrons. The minimum absolute atomic E-state index is 0.697. The number of benzene rings is 1. The monoisotopic (exact) mass is 216 g/mol. The maximum Gasteiger partial charge on any atom is 0.151 e. The van der Waals surface area contributed by atoms with Gasteiger partial charge < -0.3 is 9.88 Å². The molecule has 0 saturated carbocycles. The lowest BCUT2D eigenvalue weighted by atomic mass is 10.1. The van der Waals surface area contributed by atoms with Crippen LogP contribution in [0.5, 0.6) is 0 Å². The predicted molar refractivity (Wildman–Crippen MR) is 64.2 cm³/mol. The lowest BCUT2D eigenvalue weighted by Crippen LogP contribution is -2.07. The molecule has 0 aliphatic carbocycles. The van der Waals surface area contributed by atoms with E-state index in [1.165, 1.54) is 16.8 Å². The van der Waals surface area contributed by atoms with Crippen LogP contribution >= 0.6 is 0 Å². The van der Waals surface area contributed by atoms with Crippen molar-refractivity contribution >= 4 is 5.69 Å². The maximum atomic E-state index is 4.04. The molecule has 0 spiro atoms. The van der Waals surface area contributed by atoms with Crippen LogP contribution in [0.4, 0.5) is 5.69 Å². The molecule has 0 aliphatic heterocycles. The topological polar surface area (TPSA) is 42.7 Å². The van der Waals surface area contributed by atoms with Crippen LogP contribution in [0.25, 0.3) is 0 Å². The molecule has 84 valence electrons. The Morgan fingerprint density at radius 3 is 2.50 bits per heavy atom. The van der Waals surface area contributed by atoms with Crippen LogP contribution in [-0.4, -0.2) is 14.8 Å². The van der Waals surface area contributed by atoms with Gasteiger partial charge in [-0.3, -0.25) is 0 Å². The highest BCUT2D eigenvalue weighted by atomic mass is 15.3. The van der Waals surface area contributed by atoms with Crippen molar-refractivity contribution in [1.82, 2.24) is 14.8 Å². The lowest BCUT2D eigenvalue weighted by molar-refractivity contribution is 0.811. The fraction of sp³-hybridized carbons (Fsp3) is 0.333. The van der Waals surface area contributed by atoms with Crippen molar-refractivity contribution in [3.05, 3.63) is 41.5 Å². The molecule has 16 heavy (non-hydrogen) atoms. The van der Waals surface area contributed by atoms with Crippen LogP contribution in [0.15, 0.2) is 24.5 Å². The number of nitrogens with one attached hydrogen (secondary N) is 1. The second-order valence-corrected chi connectivity index (χ2v) is 3.98. The standard InChI is InChI=1S/C12H16N4/c1-9-5-4-6-10(2)12(9)13-7-11-15-14-8-16(11)3/h4-6,8,13H,7H2,1-3H3. The number of hydrogen-bond acceptors (Lipinski definition) is 3. The van der Waals surface area contributed by atoms with Crippen molar-refractivity contribution in [2.24, 2.45) is 7.05 Å². The number of anilines is 1. The fourth-order valence-electron chi connectivity index (χ4n) is 1.73. The maximum absolute atomic E-state index is 4.04. The van der Waals surface area contributed by atoms with E-state index in [1.807, 2.05) is 11.6 Å². The summed E-state index contributed by atoms with van der Waals surface area (Å²) in [7, 11) is 1.95. The molecule has 1 heterocycles. The molecule has 1 aromatic carbocycles. The Morgan fingerprint density at radius 2 is 1.94 bits per heavy atom. The first-order valence-electron chi connectivity index (χ1n) is 5.31. The second kappa shape index (κ2) is 4.35. The minimum atomic E-state index is 0.697. The highest BCUT2D eigenvalue weighted by Gasteiger charge is 2.04.